The number of carbonyl (C=O) groups excluding carboxylic acids is 2. The first kappa shape index (κ1) is 18.1. The van der Waals surface area contributed by atoms with Crippen LogP contribution in [-0.2, 0) is 16.1 Å². The molecule has 0 heterocycles. The second kappa shape index (κ2) is 8.00. The molecule has 2 rings (SSSR count). The zero-order valence-electron chi connectivity index (χ0n) is 13.3. The highest BCUT2D eigenvalue weighted by molar-refractivity contribution is 5.92. The van der Waals surface area contributed by atoms with Gasteiger partial charge < -0.3 is 10.1 Å². The van der Waals surface area contributed by atoms with E-state index in [-0.39, 0.29) is 17.8 Å². The Bertz CT molecular complexity index is 822. The van der Waals surface area contributed by atoms with Gasteiger partial charge in [0.05, 0.1) is 10.5 Å². The van der Waals surface area contributed by atoms with Crippen molar-refractivity contribution >= 4 is 17.6 Å². The van der Waals surface area contributed by atoms with Crippen molar-refractivity contribution in [3.63, 3.8) is 0 Å². The molecule has 2 aromatic rings. The van der Waals surface area contributed by atoms with Crippen LogP contribution in [0.1, 0.15) is 21.5 Å². The summed E-state index contributed by atoms with van der Waals surface area (Å²) in [5, 5.41) is 13.3. The fraction of sp³-hybridized carbons (Fsp3) is 0.176. The van der Waals surface area contributed by atoms with Crippen LogP contribution in [0.5, 0.6) is 0 Å². The molecule has 0 aliphatic carbocycles. The molecule has 1 N–H and O–H groups in total. The minimum Gasteiger partial charge on any atom is -0.452 e. The van der Waals surface area contributed by atoms with Crippen LogP contribution in [0.25, 0.3) is 0 Å². The normalized spacial score (nSPS) is 10.2. The summed E-state index contributed by atoms with van der Waals surface area (Å²) in [6.45, 7) is 0.928. The number of halogens is 1. The van der Waals surface area contributed by atoms with E-state index in [9.17, 15) is 24.1 Å². The van der Waals surface area contributed by atoms with Crippen molar-refractivity contribution < 1.29 is 23.6 Å². The van der Waals surface area contributed by atoms with E-state index in [0.29, 0.717) is 11.1 Å². The van der Waals surface area contributed by atoms with Gasteiger partial charge >= 0.3 is 5.97 Å². The molecule has 0 aliphatic heterocycles. The second-order valence-corrected chi connectivity index (χ2v) is 5.20. The fourth-order valence-electron chi connectivity index (χ4n) is 2.03. The molecule has 0 saturated carbocycles. The molecule has 0 radical (unpaired) electrons. The molecule has 0 unspecified atom stereocenters. The van der Waals surface area contributed by atoms with Gasteiger partial charge in [0.2, 0.25) is 0 Å². The predicted molar refractivity (Wildman–Crippen MR) is 86.4 cm³/mol. The highest BCUT2D eigenvalue weighted by Crippen LogP contribution is 2.19. The summed E-state index contributed by atoms with van der Waals surface area (Å²) in [5.41, 5.74) is 0.471. The van der Waals surface area contributed by atoms with Crippen molar-refractivity contribution in [1.29, 1.82) is 0 Å². The van der Waals surface area contributed by atoms with Crippen LogP contribution in [0.3, 0.4) is 0 Å². The van der Waals surface area contributed by atoms with E-state index in [0.717, 1.165) is 6.07 Å². The van der Waals surface area contributed by atoms with E-state index in [1.165, 1.54) is 30.3 Å². The summed E-state index contributed by atoms with van der Waals surface area (Å²) in [6, 6.07) is 9.85. The summed E-state index contributed by atoms with van der Waals surface area (Å²) in [7, 11) is 0. The van der Waals surface area contributed by atoms with Gasteiger partial charge in [0.25, 0.3) is 11.6 Å². The molecule has 0 spiro atoms. The first-order valence-corrected chi connectivity index (χ1v) is 7.30. The number of benzene rings is 2. The fourth-order valence-corrected chi connectivity index (χ4v) is 2.03. The van der Waals surface area contributed by atoms with Crippen molar-refractivity contribution in [3.05, 3.63) is 75.1 Å². The van der Waals surface area contributed by atoms with Crippen molar-refractivity contribution in [2.75, 3.05) is 6.61 Å². The van der Waals surface area contributed by atoms with E-state index in [1.54, 1.807) is 13.0 Å². The molecule has 0 saturated heterocycles. The van der Waals surface area contributed by atoms with Gasteiger partial charge in [-0.25, -0.2) is 9.18 Å². The topological polar surface area (TPSA) is 98.5 Å². The van der Waals surface area contributed by atoms with E-state index < -0.39 is 29.2 Å². The van der Waals surface area contributed by atoms with E-state index >= 15 is 0 Å². The van der Waals surface area contributed by atoms with Gasteiger partial charge in [-0.05, 0) is 19.1 Å². The van der Waals surface area contributed by atoms with Crippen LogP contribution in [0.4, 0.5) is 10.1 Å². The Morgan fingerprint density at radius 3 is 2.64 bits per heavy atom. The van der Waals surface area contributed by atoms with Crippen molar-refractivity contribution in [2.24, 2.45) is 0 Å². The standard InChI is InChI=1S/C17H15FN2O5/c1-11-6-7-12(8-15(11)20(23)24)17(22)25-10-16(21)19-9-13-4-2-3-5-14(13)18/h2-8H,9-10H2,1H3,(H,19,21). The molecule has 0 bridgehead atoms. The number of nitro groups is 1. The van der Waals surface area contributed by atoms with Crippen molar-refractivity contribution in [2.45, 2.75) is 13.5 Å². The van der Waals surface area contributed by atoms with Crippen LogP contribution in [-0.4, -0.2) is 23.4 Å². The predicted octanol–water partition coefficient (Wildman–Crippen LogP) is 2.52. The molecule has 0 aliphatic rings. The molecule has 0 aromatic heterocycles. The van der Waals surface area contributed by atoms with Gasteiger partial charge in [0, 0.05) is 23.7 Å². The third kappa shape index (κ3) is 4.84. The molecular weight excluding hydrogens is 331 g/mol. The molecule has 2 aromatic carbocycles. The van der Waals surface area contributed by atoms with Crippen LogP contribution in [0.2, 0.25) is 0 Å². The highest BCUT2D eigenvalue weighted by Gasteiger charge is 2.16. The van der Waals surface area contributed by atoms with Crippen molar-refractivity contribution in [1.82, 2.24) is 5.32 Å². The largest absolute Gasteiger partial charge is 0.452 e. The van der Waals surface area contributed by atoms with E-state index in [2.05, 4.69) is 5.32 Å². The third-order valence-electron chi connectivity index (χ3n) is 3.41. The van der Waals surface area contributed by atoms with E-state index in [1.807, 2.05) is 0 Å². The Morgan fingerprint density at radius 1 is 1.24 bits per heavy atom. The maximum atomic E-state index is 13.4. The zero-order valence-corrected chi connectivity index (χ0v) is 13.3. The number of hydrogen-bond acceptors (Lipinski definition) is 5. The first-order chi connectivity index (χ1) is 11.9. The molecule has 0 atom stereocenters. The highest BCUT2D eigenvalue weighted by atomic mass is 19.1. The molecule has 130 valence electrons. The molecule has 25 heavy (non-hydrogen) atoms. The number of ether oxygens (including phenoxy) is 1. The number of nitrogens with one attached hydrogen (secondary N) is 1. The lowest BCUT2D eigenvalue weighted by Gasteiger charge is -2.07. The summed E-state index contributed by atoms with van der Waals surface area (Å²) in [5.74, 6) is -1.92. The van der Waals surface area contributed by atoms with Gasteiger partial charge in [0.1, 0.15) is 5.82 Å². The monoisotopic (exact) mass is 346 g/mol. The van der Waals surface area contributed by atoms with E-state index in [4.69, 9.17) is 4.74 Å². The summed E-state index contributed by atoms with van der Waals surface area (Å²) in [4.78, 5) is 33.8. The number of esters is 1. The van der Waals surface area contributed by atoms with Gasteiger partial charge in [-0.15, -0.1) is 0 Å². The maximum absolute atomic E-state index is 13.4. The number of rotatable bonds is 6. The van der Waals surface area contributed by atoms with Gasteiger partial charge in [-0.2, -0.15) is 0 Å². The number of amides is 1. The Hall–Kier alpha value is -3.29. The second-order valence-electron chi connectivity index (χ2n) is 5.20. The zero-order chi connectivity index (χ0) is 18.4. The summed E-state index contributed by atoms with van der Waals surface area (Å²) < 4.78 is 18.2. The smallest absolute Gasteiger partial charge is 0.338 e. The lowest BCUT2D eigenvalue weighted by Crippen LogP contribution is -2.28. The van der Waals surface area contributed by atoms with Crippen LogP contribution >= 0.6 is 0 Å². The van der Waals surface area contributed by atoms with Crippen molar-refractivity contribution in [3.8, 4) is 0 Å². The SMILES string of the molecule is Cc1ccc(C(=O)OCC(=O)NCc2ccccc2F)cc1[N+](=O)[O-]. The Balaban J connectivity index is 1.89. The van der Waals surface area contributed by atoms with Crippen LogP contribution in [0, 0.1) is 22.9 Å². The Kier molecular flexibility index (Phi) is 5.78. The number of nitrogens with zero attached hydrogens (tertiary/aromatic N) is 1. The van der Waals surface area contributed by atoms with Crippen LogP contribution < -0.4 is 5.32 Å². The van der Waals surface area contributed by atoms with Crippen LogP contribution in [0.15, 0.2) is 42.5 Å². The Labute approximate surface area is 142 Å². The van der Waals surface area contributed by atoms with Gasteiger partial charge in [-0.3, -0.25) is 14.9 Å². The van der Waals surface area contributed by atoms with Gasteiger partial charge in [-0.1, -0.05) is 24.3 Å². The molecular formula is C17H15FN2O5. The average molecular weight is 346 g/mol. The number of nitro benzene ring substituents is 1. The first-order valence-electron chi connectivity index (χ1n) is 7.30. The summed E-state index contributed by atoms with van der Waals surface area (Å²) >= 11 is 0. The molecule has 7 nitrogen and oxygen atoms in total. The Morgan fingerprint density at radius 2 is 1.96 bits per heavy atom. The minimum absolute atomic E-state index is 0.0285. The quantitative estimate of drug-likeness (QED) is 0.492. The van der Waals surface area contributed by atoms with Gasteiger partial charge in [0.15, 0.2) is 6.61 Å². The lowest BCUT2D eigenvalue weighted by molar-refractivity contribution is -0.385. The maximum Gasteiger partial charge on any atom is 0.338 e. The lowest BCUT2D eigenvalue weighted by atomic mass is 10.1. The summed E-state index contributed by atoms with van der Waals surface area (Å²) in [6.07, 6.45) is 0. The third-order valence-corrected chi connectivity index (χ3v) is 3.41. The number of aryl methyl sites for hydroxylation is 1. The molecule has 0 fully saturated rings. The number of carbonyl (C=O) groups is 2. The molecule has 8 heteroatoms. The number of hydrogen-bond donors (Lipinski definition) is 1. The average Bonchev–Trinajstić information content (AvgIpc) is 2.59. The minimum atomic E-state index is -0.857. The molecule has 1 amide bonds.